The Balaban J connectivity index is 1.56. The van der Waals surface area contributed by atoms with Gasteiger partial charge in [0.15, 0.2) is 17.3 Å². The molecular weight excluding hydrogens is 512 g/mol. The number of ketones is 1. The average molecular weight is 535 g/mol. The molecule has 1 aromatic carbocycles. The topological polar surface area (TPSA) is 139 Å². The number of methoxy groups -OCH3 is 2. The SMILES string of the molecule is CCn1ncc2c3c(NCc4ccc(OC)c(Cl)c4)nnc(-n4cnc(CC(=O)C(=O)OC)c4)c3cnc21. The fourth-order valence-corrected chi connectivity index (χ4v) is 4.41. The van der Waals surface area contributed by atoms with Crippen LogP contribution >= 0.6 is 11.6 Å². The number of hydrogen-bond donors (Lipinski definition) is 1. The summed E-state index contributed by atoms with van der Waals surface area (Å²) in [5, 5.41) is 19.5. The number of carbonyl (C=O) groups is 2. The molecule has 0 bridgehead atoms. The Bertz CT molecular complexity index is 1680. The summed E-state index contributed by atoms with van der Waals surface area (Å²) in [5.74, 6) is -0.0150. The summed E-state index contributed by atoms with van der Waals surface area (Å²) in [4.78, 5) is 32.4. The van der Waals surface area contributed by atoms with Crippen molar-refractivity contribution >= 4 is 51.0 Å². The first-order valence-corrected chi connectivity index (χ1v) is 12.0. The summed E-state index contributed by atoms with van der Waals surface area (Å²) in [6, 6.07) is 5.55. The molecule has 12 nitrogen and oxygen atoms in total. The Labute approximate surface area is 221 Å². The van der Waals surface area contributed by atoms with E-state index in [9.17, 15) is 9.59 Å². The number of fused-ring (bicyclic) bond motifs is 3. The van der Waals surface area contributed by atoms with Crippen molar-refractivity contribution < 1.29 is 19.1 Å². The lowest BCUT2D eigenvalue weighted by Gasteiger charge is -2.13. The summed E-state index contributed by atoms with van der Waals surface area (Å²) >= 11 is 6.30. The van der Waals surface area contributed by atoms with Gasteiger partial charge in [0.05, 0.1) is 42.9 Å². The molecule has 38 heavy (non-hydrogen) atoms. The van der Waals surface area contributed by atoms with Gasteiger partial charge in [-0.15, -0.1) is 10.2 Å². The zero-order valence-corrected chi connectivity index (χ0v) is 21.6. The van der Waals surface area contributed by atoms with Crippen LogP contribution in [0.15, 0.2) is 43.1 Å². The highest BCUT2D eigenvalue weighted by molar-refractivity contribution is 6.34. The Kier molecular flexibility index (Phi) is 6.88. The van der Waals surface area contributed by atoms with E-state index in [1.54, 1.807) is 41.0 Å². The third kappa shape index (κ3) is 4.61. The number of rotatable bonds is 9. The van der Waals surface area contributed by atoms with E-state index in [-0.39, 0.29) is 6.42 Å². The molecule has 4 heterocycles. The molecule has 0 saturated carbocycles. The van der Waals surface area contributed by atoms with E-state index < -0.39 is 11.8 Å². The van der Waals surface area contributed by atoms with Gasteiger partial charge in [0, 0.05) is 36.3 Å². The Hall–Kier alpha value is -4.58. The maximum Gasteiger partial charge on any atom is 0.374 e. The predicted octanol–water partition coefficient (Wildman–Crippen LogP) is 3.14. The molecule has 0 aliphatic heterocycles. The van der Waals surface area contributed by atoms with Crippen molar-refractivity contribution in [1.29, 1.82) is 0 Å². The van der Waals surface area contributed by atoms with Crippen LogP contribution in [-0.2, 0) is 33.8 Å². The Morgan fingerprint density at radius 1 is 1.11 bits per heavy atom. The zero-order valence-electron chi connectivity index (χ0n) is 20.8. The summed E-state index contributed by atoms with van der Waals surface area (Å²) < 4.78 is 13.2. The molecule has 0 saturated heterocycles. The summed E-state index contributed by atoms with van der Waals surface area (Å²) in [7, 11) is 2.73. The molecule has 0 unspecified atom stereocenters. The van der Waals surface area contributed by atoms with E-state index in [1.807, 2.05) is 19.1 Å². The van der Waals surface area contributed by atoms with Gasteiger partial charge >= 0.3 is 5.97 Å². The molecule has 0 atom stereocenters. The highest BCUT2D eigenvalue weighted by atomic mass is 35.5. The quantitative estimate of drug-likeness (QED) is 0.221. The number of aromatic nitrogens is 7. The molecule has 0 spiro atoms. The molecule has 0 radical (unpaired) electrons. The summed E-state index contributed by atoms with van der Waals surface area (Å²) in [6.07, 6.45) is 6.40. The Morgan fingerprint density at radius 2 is 1.95 bits per heavy atom. The number of nitrogens with zero attached hydrogens (tertiary/aromatic N) is 7. The van der Waals surface area contributed by atoms with Gasteiger partial charge in [0.2, 0.25) is 5.78 Å². The third-order valence-electron chi connectivity index (χ3n) is 6.00. The number of ether oxygens (including phenoxy) is 2. The number of Topliss-reactive ketones (excluding diaryl/α,β-unsaturated/α-hetero) is 1. The number of benzene rings is 1. The van der Waals surface area contributed by atoms with Crippen molar-refractivity contribution in [2.75, 3.05) is 19.5 Å². The number of hydrogen-bond acceptors (Lipinski definition) is 10. The molecule has 4 aromatic heterocycles. The molecule has 0 aliphatic rings. The van der Waals surface area contributed by atoms with Crippen molar-refractivity contribution in [2.24, 2.45) is 0 Å². The van der Waals surface area contributed by atoms with Gasteiger partial charge in [-0.3, -0.25) is 9.36 Å². The minimum absolute atomic E-state index is 0.194. The molecule has 5 aromatic rings. The second-order valence-corrected chi connectivity index (χ2v) is 8.71. The van der Waals surface area contributed by atoms with Crippen molar-refractivity contribution in [2.45, 2.75) is 26.4 Å². The molecule has 0 amide bonds. The van der Waals surface area contributed by atoms with Crippen LogP contribution in [0.3, 0.4) is 0 Å². The number of imidazole rings is 1. The molecule has 5 rings (SSSR count). The second-order valence-electron chi connectivity index (χ2n) is 8.30. The van der Waals surface area contributed by atoms with E-state index in [1.165, 1.54) is 6.33 Å². The van der Waals surface area contributed by atoms with Gasteiger partial charge in [-0.1, -0.05) is 17.7 Å². The lowest BCUT2D eigenvalue weighted by Crippen LogP contribution is -2.17. The molecule has 194 valence electrons. The number of aryl methyl sites for hydroxylation is 1. The first kappa shape index (κ1) is 25.1. The van der Waals surface area contributed by atoms with E-state index in [2.05, 4.69) is 35.3 Å². The lowest BCUT2D eigenvalue weighted by molar-refractivity contribution is -0.151. The fourth-order valence-electron chi connectivity index (χ4n) is 4.13. The number of halogens is 1. The molecule has 0 fully saturated rings. The van der Waals surface area contributed by atoms with Gasteiger partial charge in [0.1, 0.15) is 12.1 Å². The number of esters is 1. The van der Waals surface area contributed by atoms with Crippen LogP contribution in [0, 0.1) is 0 Å². The van der Waals surface area contributed by atoms with E-state index in [4.69, 9.17) is 16.3 Å². The highest BCUT2D eigenvalue weighted by Gasteiger charge is 2.20. The van der Waals surface area contributed by atoms with Gasteiger partial charge in [-0.2, -0.15) is 5.10 Å². The van der Waals surface area contributed by atoms with E-state index in [0.717, 1.165) is 23.4 Å². The van der Waals surface area contributed by atoms with Crippen molar-refractivity contribution in [3.05, 3.63) is 59.4 Å². The monoisotopic (exact) mass is 534 g/mol. The van der Waals surface area contributed by atoms with E-state index in [0.29, 0.717) is 52.2 Å². The van der Waals surface area contributed by atoms with Crippen LogP contribution in [0.2, 0.25) is 5.02 Å². The van der Waals surface area contributed by atoms with E-state index >= 15 is 0 Å². The first-order chi connectivity index (χ1) is 18.4. The fraction of sp³-hybridized carbons (Fsp3) is 0.240. The average Bonchev–Trinajstić information content (AvgIpc) is 3.58. The number of nitrogens with one attached hydrogen (secondary N) is 1. The second kappa shape index (κ2) is 10.4. The van der Waals surface area contributed by atoms with Crippen LogP contribution in [-0.4, -0.2) is 60.5 Å². The predicted molar refractivity (Wildman–Crippen MR) is 139 cm³/mol. The standard InChI is InChI=1S/C25H23ClN8O4/c1-4-34-23-17(11-30-34)21-16(10-28-23)24(33-12-15(29-13-33)8-19(35)25(36)38-3)32-31-22(21)27-9-14-5-6-20(37-2)18(26)7-14/h5-7,10-13H,4,8-9H2,1-3H3,(H,27,31). The largest absolute Gasteiger partial charge is 0.495 e. The van der Waals surface area contributed by atoms with Gasteiger partial charge in [-0.25, -0.2) is 19.4 Å². The zero-order chi connectivity index (χ0) is 26.8. The normalized spacial score (nSPS) is 11.2. The van der Waals surface area contributed by atoms with Gasteiger partial charge in [0.25, 0.3) is 0 Å². The maximum absolute atomic E-state index is 12.0. The molecule has 1 N–H and O–H groups in total. The number of carbonyl (C=O) groups excluding carboxylic acids is 2. The Morgan fingerprint density at radius 3 is 2.68 bits per heavy atom. The van der Waals surface area contributed by atoms with Crippen LogP contribution in [0.1, 0.15) is 18.2 Å². The van der Waals surface area contributed by atoms with Crippen LogP contribution in [0.25, 0.3) is 27.6 Å². The molecule has 0 aliphatic carbocycles. The number of pyridine rings is 1. The van der Waals surface area contributed by atoms with Crippen molar-refractivity contribution in [3.63, 3.8) is 0 Å². The van der Waals surface area contributed by atoms with Gasteiger partial charge < -0.3 is 14.8 Å². The third-order valence-corrected chi connectivity index (χ3v) is 6.30. The molecule has 13 heteroatoms. The smallest absolute Gasteiger partial charge is 0.374 e. The van der Waals surface area contributed by atoms with Crippen LogP contribution in [0.5, 0.6) is 5.75 Å². The van der Waals surface area contributed by atoms with Crippen LogP contribution in [0.4, 0.5) is 5.82 Å². The van der Waals surface area contributed by atoms with Crippen molar-refractivity contribution in [1.82, 2.24) is 34.5 Å². The minimum atomic E-state index is -0.919. The summed E-state index contributed by atoms with van der Waals surface area (Å²) in [6.45, 7) is 3.08. The highest BCUT2D eigenvalue weighted by Crippen LogP contribution is 2.32. The number of anilines is 1. The lowest BCUT2D eigenvalue weighted by atomic mass is 10.1. The molecular formula is C25H23ClN8O4. The van der Waals surface area contributed by atoms with Gasteiger partial charge in [-0.05, 0) is 24.6 Å². The summed E-state index contributed by atoms with van der Waals surface area (Å²) in [5.41, 5.74) is 2.03. The van der Waals surface area contributed by atoms with Crippen molar-refractivity contribution in [3.8, 4) is 11.6 Å². The first-order valence-electron chi connectivity index (χ1n) is 11.6. The maximum atomic E-state index is 12.0. The van der Waals surface area contributed by atoms with Crippen LogP contribution < -0.4 is 10.1 Å². The minimum Gasteiger partial charge on any atom is -0.495 e.